The van der Waals surface area contributed by atoms with Crippen molar-refractivity contribution in [2.45, 2.75) is 71.3 Å². The van der Waals surface area contributed by atoms with Crippen LogP contribution in [-0.4, -0.2) is 48.3 Å². The van der Waals surface area contributed by atoms with Crippen LogP contribution in [0.4, 0.5) is 0 Å². The van der Waals surface area contributed by atoms with E-state index in [2.05, 4.69) is 13.8 Å². The lowest BCUT2D eigenvalue weighted by Crippen LogP contribution is -2.42. The van der Waals surface area contributed by atoms with Crippen LogP contribution in [0.25, 0.3) is 0 Å². The number of hydrogen-bond donors (Lipinski definition) is 1. The summed E-state index contributed by atoms with van der Waals surface area (Å²) in [6.07, 6.45) is 7.73. The maximum absolute atomic E-state index is 12.8. The average Bonchev–Trinajstić information content (AvgIpc) is 2.68. The number of β-amino-alcohol motifs (C(OH)–C–C–N with tert-alkyl or cyclic N) is 1. The molecule has 0 spiro atoms. The molecule has 0 bridgehead atoms. The smallest absolute Gasteiger partial charge is 0.254 e. The molecule has 1 saturated heterocycles. The van der Waals surface area contributed by atoms with Crippen LogP contribution < -0.4 is 9.47 Å². The Balaban J connectivity index is 2.07. The Bertz CT molecular complexity index is 575. The summed E-state index contributed by atoms with van der Waals surface area (Å²) in [6, 6.07) is 5.44. The highest BCUT2D eigenvalue weighted by Crippen LogP contribution is 2.30. The van der Waals surface area contributed by atoms with Gasteiger partial charge in [-0.1, -0.05) is 39.5 Å². The van der Waals surface area contributed by atoms with Crippen molar-refractivity contribution < 1.29 is 19.4 Å². The first-order chi connectivity index (χ1) is 13.2. The predicted molar refractivity (Wildman–Crippen MR) is 108 cm³/mol. The maximum atomic E-state index is 12.8. The van der Waals surface area contributed by atoms with Crippen molar-refractivity contribution >= 4 is 5.91 Å². The van der Waals surface area contributed by atoms with E-state index < -0.39 is 6.10 Å². The third kappa shape index (κ3) is 7.06. The molecule has 1 aromatic rings. The molecule has 1 aliphatic rings. The molecule has 1 amide bonds. The summed E-state index contributed by atoms with van der Waals surface area (Å²) in [4.78, 5) is 14.5. The second-order valence-corrected chi connectivity index (χ2v) is 7.32. The zero-order valence-electron chi connectivity index (χ0n) is 16.9. The zero-order valence-corrected chi connectivity index (χ0v) is 16.9. The van der Waals surface area contributed by atoms with E-state index in [1.165, 1.54) is 0 Å². The number of nitrogens with zero attached hydrogens (tertiary/aromatic N) is 1. The van der Waals surface area contributed by atoms with Crippen molar-refractivity contribution in [3.05, 3.63) is 23.8 Å². The first kappa shape index (κ1) is 21.5. The van der Waals surface area contributed by atoms with Gasteiger partial charge in [-0.2, -0.15) is 0 Å². The number of likely N-dealkylation sites (tertiary alicyclic amines) is 1. The van der Waals surface area contributed by atoms with Crippen LogP contribution in [0.1, 0.15) is 75.6 Å². The molecule has 1 N–H and O–H groups in total. The number of unbranched alkanes of at least 4 members (excludes halogenated alkanes) is 4. The number of piperidine rings is 1. The number of aliphatic hydroxyl groups excluding tert-OH is 1. The molecule has 1 aliphatic heterocycles. The van der Waals surface area contributed by atoms with Gasteiger partial charge in [0.25, 0.3) is 5.91 Å². The minimum absolute atomic E-state index is 0.0512. The molecular weight excluding hydrogens is 342 g/mol. The van der Waals surface area contributed by atoms with Crippen LogP contribution in [0.15, 0.2) is 18.2 Å². The van der Waals surface area contributed by atoms with Gasteiger partial charge in [-0.15, -0.1) is 0 Å². The fraction of sp³-hybridized carbons (Fsp3) is 0.682. The number of aliphatic hydroxyl groups is 1. The van der Waals surface area contributed by atoms with Gasteiger partial charge < -0.3 is 19.5 Å². The van der Waals surface area contributed by atoms with Gasteiger partial charge in [0.1, 0.15) is 0 Å². The van der Waals surface area contributed by atoms with Crippen LogP contribution in [0.3, 0.4) is 0 Å². The summed E-state index contributed by atoms with van der Waals surface area (Å²) in [7, 11) is 0. The van der Waals surface area contributed by atoms with E-state index in [1.54, 1.807) is 17.0 Å². The van der Waals surface area contributed by atoms with E-state index in [4.69, 9.17) is 9.47 Å². The van der Waals surface area contributed by atoms with Crippen molar-refractivity contribution in [2.75, 3.05) is 26.3 Å². The van der Waals surface area contributed by atoms with Gasteiger partial charge in [0.05, 0.1) is 19.3 Å². The van der Waals surface area contributed by atoms with Crippen molar-refractivity contribution in [3.63, 3.8) is 0 Å². The molecule has 1 unspecified atom stereocenters. The monoisotopic (exact) mass is 377 g/mol. The standard InChI is InChI=1S/C22H35NO4/c1-3-5-7-14-26-20-12-11-18(16-21(20)27-15-8-6-4-2)22(25)23-13-9-10-19(24)17-23/h11-12,16,19,24H,3-10,13-15,17H2,1-2H3. The lowest BCUT2D eigenvalue weighted by Gasteiger charge is -2.30. The Labute approximate surface area is 163 Å². The van der Waals surface area contributed by atoms with Gasteiger partial charge >= 0.3 is 0 Å². The Morgan fingerprint density at radius 1 is 1.07 bits per heavy atom. The quantitative estimate of drug-likeness (QED) is 0.580. The lowest BCUT2D eigenvalue weighted by molar-refractivity contribution is 0.0473. The Hall–Kier alpha value is -1.75. The highest BCUT2D eigenvalue weighted by molar-refractivity contribution is 5.95. The second-order valence-electron chi connectivity index (χ2n) is 7.32. The molecule has 1 fully saturated rings. The number of rotatable bonds is 11. The van der Waals surface area contributed by atoms with Crippen LogP contribution in [0.5, 0.6) is 11.5 Å². The van der Waals surface area contributed by atoms with Gasteiger partial charge in [0.15, 0.2) is 11.5 Å². The summed E-state index contributed by atoms with van der Waals surface area (Å²) in [5.41, 5.74) is 0.593. The Morgan fingerprint density at radius 3 is 2.37 bits per heavy atom. The molecule has 1 aromatic carbocycles. The average molecular weight is 378 g/mol. The summed E-state index contributed by atoms with van der Waals surface area (Å²) in [5.74, 6) is 1.30. The number of amides is 1. The van der Waals surface area contributed by atoms with Gasteiger partial charge in [-0.05, 0) is 43.9 Å². The molecule has 0 saturated carbocycles. The minimum Gasteiger partial charge on any atom is -0.490 e. The zero-order chi connectivity index (χ0) is 19.5. The predicted octanol–water partition coefficient (Wildman–Crippen LogP) is 4.42. The number of ether oxygens (including phenoxy) is 2. The molecule has 0 radical (unpaired) electrons. The molecule has 0 aliphatic carbocycles. The van der Waals surface area contributed by atoms with E-state index in [9.17, 15) is 9.90 Å². The molecule has 5 heteroatoms. The molecule has 1 atom stereocenters. The highest BCUT2D eigenvalue weighted by Gasteiger charge is 2.24. The van der Waals surface area contributed by atoms with E-state index >= 15 is 0 Å². The molecule has 5 nitrogen and oxygen atoms in total. The van der Waals surface area contributed by atoms with Gasteiger partial charge in [-0.3, -0.25) is 4.79 Å². The van der Waals surface area contributed by atoms with Crippen molar-refractivity contribution in [2.24, 2.45) is 0 Å². The Kier molecular flexibility index (Phi) is 9.46. The first-order valence-corrected chi connectivity index (χ1v) is 10.5. The summed E-state index contributed by atoms with van der Waals surface area (Å²) in [5, 5.41) is 9.84. The number of carbonyl (C=O) groups is 1. The number of hydrogen-bond acceptors (Lipinski definition) is 4. The third-order valence-corrected chi connectivity index (χ3v) is 4.89. The minimum atomic E-state index is -0.423. The van der Waals surface area contributed by atoms with Crippen LogP contribution in [0.2, 0.25) is 0 Å². The van der Waals surface area contributed by atoms with Crippen LogP contribution in [-0.2, 0) is 0 Å². The molecule has 27 heavy (non-hydrogen) atoms. The van der Waals surface area contributed by atoms with E-state index in [1.807, 2.05) is 6.07 Å². The van der Waals surface area contributed by atoms with Crippen molar-refractivity contribution in [3.8, 4) is 11.5 Å². The second kappa shape index (κ2) is 11.9. The summed E-state index contributed by atoms with van der Waals surface area (Å²) < 4.78 is 11.9. The number of benzene rings is 1. The van der Waals surface area contributed by atoms with E-state index in [0.29, 0.717) is 43.4 Å². The lowest BCUT2D eigenvalue weighted by atomic mass is 10.1. The Morgan fingerprint density at radius 2 is 1.74 bits per heavy atom. The highest BCUT2D eigenvalue weighted by atomic mass is 16.5. The summed E-state index contributed by atoms with van der Waals surface area (Å²) in [6.45, 7) is 6.71. The van der Waals surface area contributed by atoms with E-state index in [0.717, 1.165) is 51.4 Å². The van der Waals surface area contributed by atoms with Gasteiger partial charge in [0.2, 0.25) is 0 Å². The first-order valence-electron chi connectivity index (χ1n) is 10.5. The number of carbonyl (C=O) groups excluding carboxylic acids is 1. The third-order valence-electron chi connectivity index (χ3n) is 4.89. The molecule has 1 heterocycles. The fourth-order valence-electron chi connectivity index (χ4n) is 3.26. The largest absolute Gasteiger partial charge is 0.490 e. The van der Waals surface area contributed by atoms with Gasteiger partial charge in [-0.25, -0.2) is 0 Å². The van der Waals surface area contributed by atoms with Crippen molar-refractivity contribution in [1.82, 2.24) is 4.90 Å². The summed E-state index contributed by atoms with van der Waals surface area (Å²) >= 11 is 0. The molecule has 2 rings (SSSR count). The van der Waals surface area contributed by atoms with E-state index in [-0.39, 0.29) is 5.91 Å². The SMILES string of the molecule is CCCCCOc1ccc(C(=O)N2CCCC(O)C2)cc1OCCCCC. The topological polar surface area (TPSA) is 59.0 Å². The maximum Gasteiger partial charge on any atom is 0.254 e. The fourth-order valence-corrected chi connectivity index (χ4v) is 3.26. The normalized spacial score (nSPS) is 17.0. The molecular formula is C22H35NO4. The van der Waals surface area contributed by atoms with Crippen LogP contribution >= 0.6 is 0 Å². The van der Waals surface area contributed by atoms with Crippen LogP contribution in [0, 0.1) is 0 Å². The van der Waals surface area contributed by atoms with Gasteiger partial charge in [0, 0.05) is 18.7 Å². The molecule has 0 aromatic heterocycles. The van der Waals surface area contributed by atoms with Crippen molar-refractivity contribution in [1.29, 1.82) is 0 Å². The molecule has 152 valence electrons.